The van der Waals surface area contributed by atoms with Gasteiger partial charge in [-0.25, -0.2) is 0 Å². The van der Waals surface area contributed by atoms with Crippen molar-refractivity contribution in [2.75, 3.05) is 7.11 Å². The van der Waals surface area contributed by atoms with Gasteiger partial charge in [0.1, 0.15) is 11.8 Å². The minimum absolute atomic E-state index is 0.243. The molecule has 0 bridgehead atoms. The van der Waals surface area contributed by atoms with Crippen molar-refractivity contribution in [1.29, 1.82) is 0 Å². The number of H-pyrrole nitrogens is 1. The summed E-state index contributed by atoms with van der Waals surface area (Å²) in [5.74, 6) is -0.0273. The molecule has 3 aromatic carbocycles. The third kappa shape index (κ3) is 2.47. The Bertz CT molecular complexity index is 1210. The fraction of sp³-hybridized carbons (Fsp3) is 0.174. The lowest BCUT2D eigenvalue weighted by atomic mass is 9.88. The van der Waals surface area contributed by atoms with Crippen LogP contribution in [0.1, 0.15) is 22.9 Å². The van der Waals surface area contributed by atoms with E-state index in [4.69, 9.17) is 4.74 Å². The van der Waals surface area contributed by atoms with Crippen LogP contribution in [-0.4, -0.2) is 29.2 Å². The summed E-state index contributed by atoms with van der Waals surface area (Å²) < 4.78 is 5.52. The largest absolute Gasteiger partial charge is 0.496 e. The summed E-state index contributed by atoms with van der Waals surface area (Å²) in [5.41, 5.74) is 4.18. The number of ether oxygens (including phenoxy) is 1. The molecular formula is C23H20N2O3. The highest BCUT2D eigenvalue weighted by molar-refractivity contribution is 5.93. The Morgan fingerprint density at radius 3 is 2.46 bits per heavy atom. The molecule has 1 aliphatic rings. The maximum atomic E-state index is 11.9. The van der Waals surface area contributed by atoms with Crippen molar-refractivity contribution >= 4 is 27.6 Å². The number of aromatic amines is 1. The minimum Gasteiger partial charge on any atom is -0.496 e. The molecule has 0 saturated heterocycles. The number of carboxylic acid groups (broad SMARTS) is 1. The zero-order valence-electron chi connectivity index (χ0n) is 15.4. The van der Waals surface area contributed by atoms with E-state index in [9.17, 15) is 9.90 Å². The Morgan fingerprint density at radius 1 is 1.00 bits per heavy atom. The number of carboxylic acids is 1. The van der Waals surface area contributed by atoms with Gasteiger partial charge in [0.05, 0.1) is 13.2 Å². The predicted octanol–water partition coefficient (Wildman–Crippen LogP) is 4.02. The first-order valence-corrected chi connectivity index (χ1v) is 9.31. The maximum absolute atomic E-state index is 11.9. The van der Waals surface area contributed by atoms with Gasteiger partial charge in [-0.2, -0.15) is 0 Å². The van der Waals surface area contributed by atoms with E-state index in [0.29, 0.717) is 6.42 Å². The van der Waals surface area contributed by atoms with Crippen molar-refractivity contribution in [3.05, 3.63) is 77.5 Å². The van der Waals surface area contributed by atoms with Crippen molar-refractivity contribution in [2.45, 2.75) is 18.5 Å². The van der Waals surface area contributed by atoms with E-state index >= 15 is 0 Å². The van der Waals surface area contributed by atoms with Crippen molar-refractivity contribution in [3.63, 3.8) is 0 Å². The van der Waals surface area contributed by atoms with Crippen LogP contribution in [-0.2, 0) is 11.2 Å². The van der Waals surface area contributed by atoms with Gasteiger partial charge in [-0.3, -0.25) is 10.1 Å². The molecule has 3 N–H and O–H groups in total. The summed E-state index contributed by atoms with van der Waals surface area (Å²) >= 11 is 0. The van der Waals surface area contributed by atoms with Crippen molar-refractivity contribution in [3.8, 4) is 5.75 Å². The molecule has 1 aromatic heterocycles. The fourth-order valence-electron chi connectivity index (χ4n) is 4.36. The molecule has 0 fully saturated rings. The van der Waals surface area contributed by atoms with E-state index < -0.39 is 12.0 Å². The molecule has 1 aliphatic heterocycles. The second-order valence-corrected chi connectivity index (χ2v) is 7.16. The van der Waals surface area contributed by atoms with E-state index in [2.05, 4.69) is 22.4 Å². The topological polar surface area (TPSA) is 74.3 Å². The average Bonchev–Trinajstić information content (AvgIpc) is 3.11. The lowest BCUT2D eigenvalue weighted by Gasteiger charge is -2.30. The van der Waals surface area contributed by atoms with Crippen LogP contribution in [0.4, 0.5) is 0 Å². The molecule has 4 aromatic rings. The quantitative estimate of drug-likeness (QED) is 0.508. The zero-order chi connectivity index (χ0) is 19.3. The molecule has 0 aliphatic carbocycles. The summed E-state index contributed by atoms with van der Waals surface area (Å²) in [7, 11) is 1.66. The molecule has 0 amide bonds. The van der Waals surface area contributed by atoms with Gasteiger partial charge in [-0.05, 0) is 28.6 Å². The van der Waals surface area contributed by atoms with Crippen LogP contribution in [0.25, 0.3) is 21.7 Å². The van der Waals surface area contributed by atoms with Crippen LogP contribution in [0.15, 0.2) is 60.7 Å². The van der Waals surface area contributed by atoms with E-state index in [1.54, 1.807) is 7.11 Å². The smallest absolute Gasteiger partial charge is 0.321 e. The van der Waals surface area contributed by atoms with E-state index in [-0.39, 0.29) is 6.04 Å². The van der Waals surface area contributed by atoms with Crippen LogP contribution >= 0.6 is 0 Å². The Kier molecular flexibility index (Phi) is 3.84. The lowest BCUT2D eigenvalue weighted by molar-refractivity contribution is -0.139. The lowest BCUT2D eigenvalue weighted by Crippen LogP contribution is -2.45. The number of nitrogens with one attached hydrogen (secondary N) is 2. The normalized spacial score (nSPS) is 18.9. The maximum Gasteiger partial charge on any atom is 0.321 e. The molecule has 28 heavy (non-hydrogen) atoms. The molecule has 2 atom stereocenters. The Labute approximate surface area is 161 Å². The van der Waals surface area contributed by atoms with Crippen LogP contribution in [0.3, 0.4) is 0 Å². The molecule has 5 heteroatoms. The second-order valence-electron chi connectivity index (χ2n) is 7.16. The van der Waals surface area contributed by atoms with Crippen molar-refractivity contribution < 1.29 is 14.6 Å². The first kappa shape index (κ1) is 16.8. The van der Waals surface area contributed by atoms with Crippen LogP contribution in [0.5, 0.6) is 5.75 Å². The molecule has 2 heterocycles. The van der Waals surface area contributed by atoms with Gasteiger partial charge in [-0.1, -0.05) is 48.5 Å². The molecule has 0 saturated carbocycles. The number of hydrogen-bond acceptors (Lipinski definition) is 3. The monoisotopic (exact) mass is 372 g/mol. The first-order chi connectivity index (χ1) is 13.7. The number of aliphatic carboxylic acids is 1. The van der Waals surface area contributed by atoms with E-state index in [0.717, 1.165) is 44.2 Å². The average molecular weight is 372 g/mol. The van der Waals surface area contributed by atoms with Gasteiger partial charge in [0, 0.05) is 28.4 Å². The van der Waals surface area contributed by atoms with E-state index in [1.807, 2.05) is 48.5 Å². The van der Waals surface area contributed by atoms with Gasteiger partial charge < -0.3 is 14.8 Å². The SMILES string of the molecule is COc1ccc([C@H]2N[C@@H](C(=O)O)Cc3c2[nH]c2ccccc32)c2ccccc12. The molecule has 140 valence electrons. The number of rotatable bonds is 3. The third-order valence-electron chi connectivity index (χ3n) is 5.66. The van der Waals surface area contributed by atoms with Crippen LogP contribution < -0.4 is 10.1 Å². The number of para-hydroxylation sites is 1. The summed E-state index contributed by atoms with van der Waals surface area (Å²) in [4.78, 5) is 15.4. The Balaban J connectivity index is 1.77. The predicted molar refractivity (Wildman–Crippen MR) is 109 cm³/mol. The minimum atomic E-state index is -0.834. The molecule has 0 unspecified atom stereocenters. The van der Waals surface area contributed by atoms with E-state index in [1.165, 1.54) is 0 Å². The highest BCUT2D eigenvalue weighted by Crippen LogP contribution is 2.39. The summed E-state index contributed by atoms with van der Waals surface area (Å²) in [6.07, 6.45) is 0.458. The number of aromatic nitrogens is 1. The summed E-state index contributed by atoms with van der Waals surface area (Å²) in [6.45, 7) is 0. The van der Waals surface area contributed by atoms with Gasteiger partial charge in [0.15, 0.2) is 0 Å². The van der Waals surface area contributed by atoms with Gasteiger partial charge in [-0.15, -0.1) is 0 Å². The summed E-state index contributed by atoms with van der Waals surface area (Å²) in [6, 6.07) is 19.2. The molecule has 0 radical (unpaired) electrons. The molecular weight excluding hydrogens is 352 g/mol. The number of benzene rings is 3. The zero-order valence-corrected chi connectivity index (χ0v) is 15.4. The number of fused-ring (bicyclic) bond motifs is 4. The van der Waals surface area contributed by atoms with Gasteiger partial charge in [0.2, 0.25) is 0 Å². The Morgan fingerprint density at radius 2 is 1.71 bits per heavy atom. The van der Waals surface area contributed by atoms with Crippen LogP contribution in [0.2, 0.25) is 0 Å². The van der Waals surface area contributed by atoms with Gasteiger partial charge in [0.25, 0.3) is 0 Å². The third-order valence-corrected chi connectivity index (χ3v) is 5.66. The number of hydrogen-bond donors (Lipinski definition) is 3. The highest BCUT2D eigenvalue weighted by atomic mass is 16.5. The van der Waals surface area contributed by atoms with Crippen LogP contribution in [0, 0.1) is 0 Å². The van der Waals surface area contributed by atoms with Gasteiger partial charge >= 0.3 is 5.97 Å². The number of methoxy groups -OCH3 is 1. The standard InChI is InChI=1S/C23H20N2O3/c1-28-20-11-10-16(13-6-2-3-8-15(13)20)21-22-17(12-19(25-21)23(26)27)14-7-4-5-9-18(14)24-22/h2-11,19,21,24-25H,12H2,1H3,(H,26,27)/t19-,21-/m1/s1. The van der Waals surface area contributed by atoms with Crippen molar-refractivity contribution in [2.24, 2.45) is 0 Å². The van der Waals surface area contributed by atoms with Crippen molar-refractivity contribution in [1.82, 2.24) is 10.3 Å². The fourth-order valence-corrected chi connectivity index (χ4v) is 4.36. The summed E-state index contributed by atoms with van der Waals surface area (Å²) in [5, 5.41) is 16.2. The molecule has 0 spiro atoms. The first-order valence-electron chi connectivity index (χ1n) is 9.31. The Hall–Kier alpha value is -3.31. The molecule has 5 nitrogen and oxygen atoms in total. The highest BCUT2D eigenvalue weighted by Gasteiger charge is 2.34. The molecule has 5 rings (SSSR count). The second kappa shape index (κ2) is 6.39. The number of carbonyl (C=O) groups is 1.